The molecule has 0 bridgehead atoms. The van der Waals surface area contributed by atoms with Crippen molar-refractivity contribution in [3.8, 4) is 0 Å². The Morgan fingerprint density at radius 2 is 1.19 bits per heavy atom. The molecule has 0 aliphatic carbocycles. The van der Waals surface area contributed by atoms with Crippen LogP contribution in [0.1, 0.15) is 84.0 Å². The fraction of sp³-hybridized carbons (Fsp3) is 0.806. The van der Waals surface area contributed by atoms with Gasteiger partial charge in [-0.25, -0.2) is 0 Å². The number of unbranched alkanes of at least 4 members (excludes halogenated alkanes) is 10. The zero-order chi connectivity index (χ0) is 28.5. The van der Waals surface area contributed by atoms with Gasteiger partial charge in [-0.05, 0) is 38.8 Å². The van der Waals surface area contributed by atoms with Gasteiger partial charge >= 0.3 is 0 Å². The summed E-state index contributed by atoms with van der Waals surface area (Å²) in [6.45, 7) is 19.9. The molecule has 37 heavy (non-hydrogen) atoms. The average molecular weight is 546 g/mol. The highest BCUT2D eigenvalue weighted by molar-refractivity contribution is 6.18. The molecule has 4 N–H and O–H groups in total. The van der Waals surface area contributed by atoms with E-state index in [9.17, 15) is 0 Å². The number of nitrogens with two attached hydrogens (primary N) is 1. The van der Waals surface area contributed by atoms with Crippen LogP contribution in [0.4, 0.5) is 0 Å². The quantitative estimate of drug-likeness (QED) is 0.0466. The van der Waals surface area contributed by atoms with Gasteiger partial charge in [0, 0.05) is 19.6 Å². The molecule has 0 radical (unpaired) electrons. The Kier molecular flexibility index (Phi) is 38.9. The second-order valence-corrected chi connectivity index (χ2v) is 10.8. The van der Waals surface area contributed by atoms with Gasteiger partial charge in [0.15, 0.2) is 0 Å². The molecule has 1 atom stereocenters. The maximum Gasteiger partial charge on any atom is 0.0944 e. The van der Waals surface area contributed by atoms with Crippen LogP contribution in [0.3, 0.4) is 0 Å². The highest BCUT2D eigenvalue weighted by atomic mass is 35.5. The van der Waals surface area contributed by atoms with Crippen molar-refractivity contribution in [3.05, 3.63) is 38.0 Å². The predicted octanol–water partition coefficient (Wildman–Crippen LogP) is 6.69. The summed E-state index contributed by atoms with van der Waals surface area (Å²) >= 11 is 5.27. The largest absolute Gasteiger partial charge is 0.372 e. The van der Waals surface area contributed by atoms with Crippen LogP contribution in [0.25, 0.3) is 0 Å². The number of alkyl halides is 1. The average Bonchev–Trinajstić information content (AvgIpc) is 3.72. The van der Waals surface area contributed by atoms with Crippen molar-refractivity contribution >= 4 is 11.6 Å². The third-order valence-electron chi connectivity index (χ3n) is 5.46. The fourth-order valence-corrected chi connectivity index (χ4v) is 3.32. The molecule has 0 saturated carbocycles. The number of halogens is 1. The number of rotatable bonds is 22. The number of epoxide rings is 1. The minimum atomic E-state index is 0.400. The third kappa shape index (κ3) is 52.5. The third-order valence-corrected chi connectivity index (χ3v) is 5.80. The maximum absolute atomic E-state index is 5.27. The standard InChI is InChI=1S/C13H27N.C12H27N2.C3H5ClO.C3H7N/c1-3-5-6-7-8-9-10-11-13-14-12-4-2;1-5-10-13-11-8-6-7-9-12-14(2,3)4;4-1-3-2-5-3;1-2-3-4/h4,14H,2-3,5-13H2,1H3;5,13H,1,6-12H2,2-4H3;3H,1-2H2;2H,1,3-4H2/q;+1;;. The van der Waals surface area contributed by atoms with Crippen molar-refractivity contribution in [1.82, 2.24) is 10.6 Å². The minimum Gasteiger partial charge on any atom is -0.372 e. The van der Waals surface area contributed by atoms with Gasteiger partial charge < -0.3 is 25.6 Å². The minimum absolute atomic E-state index is 0.400. The molecule has 0 aromatic rings. The van der Waals surface area contributed by atoms with Crippen molar-refractivity contribution in [2.45, 2.75) is 90.1 Å². The Hall–Kier alpha value is -0.690. The van der Waals surface area contributed by atoms with E-state index in [1.807, 2.05) is 12.2 Å². The van der Waals surface area contributed by atoms with Crippen LogP contribution in [0.15, 0.2) is 38.0 Å². The molecule has 6 heteroatoms. The van der Waals surface area contributed by atoms with Gasteiger partial charge in [0.05, 0.1) is 46.3 Å². The molecule has 222 valence electrons. The Morgan fingerprint density at radius 1 is 0.784 bits per heavy atom. The molecule has 1 fully saturated rings. The van der Waals surface area contributed by atoms with Gasteiger partial charge in [0.1, 0.15) is 0 Å². The molecule has 1 heterocycles. The van der Waals surface area contributed by atoms with Crippen molar-refractivity contribution in [2.24, 2.45) is 5.73 Å². The first kappa shape index (κ1) is 40.8. The van der Waals surface area contributed by atoms with E-state index < -0.39 is 0 Å². The van der Waals surface area contributed by atoms with E-state index in [4.69, 9.17) is 22.1 Å². The number of hydrogen-bond acceptors (Lipinski definition) is 4. The maximum atomic E-state index is 5.27. The van der Waals surface area contributed by atoms with Gasteiger partial charge in [0.2, 0.25) is 0 Å². The number of quaternary nitrogens is 1. The first-order valence-electron chi connectivity index (χ1n) is 14.7. The lowest BCUT2D eigenvalue weighted by Gasteiger charge is -2.23. The van der Waals surface area contributed by atoms with E-state index >= 15 is 0 Å². The molecular formula is C31H66ClN4O+. The molecule has 1 saturated heterocycles. The zero-order valence-electron chi connectivity index (χ0n) is 25.4. The molecular weight excluding hydrogens is 480 g/mol. The van der Waals surface area contributed by atoms with E-state index in [2.05, 4.69) is 58.4 Å². The lowest BCUT2D eigenvalue weighted by molar-refractivity contribution is -0.870. The molecule has 1 aliphatic heterocycles. The molecule has 0 amide bonds. The Labute approximate surface area is 237 Å². The first-order chi connectivity index (χ1) is 17.8. The predicted molar refractivity (Wildman–Crippen MR) is 170 cm³/mol. The van der Waals surface area contributed by atoms with Crippen LogP contribution in [0.5, 0.6) is 0 Å². The molecule has 5 nitrogen and oxygen atoms in total. The fourth-order valence-electron chi connectivity index (χ4n) is 3.14. The van der Waals surface area contributed by atoms with Crippen LogP contribution >= 0.6 is 11.6 Å². The number of nitrogens with zero attached hydrogens (tertiary/aromatic N) is 1. The zero-order valence-corrected chi connectivity index (χ0v) is 26.1. The summed E-state index contributed by atoms with van der Waals surface area (Å²) in [6, 6.07) is 0. The Balaban J connectivity index is -0.000000468. The monoisotopic (exact) mass is 545 g/mol. The molecule has 0 spiro atoms. The summed E-state index contributed by atoms with van der Waals surface area (Å²) in [5.41, 5.74) is 4.91. The van der Waals surface area contributed by atoms with E-state index in [1.54, 1.807) is 6.08 Å². The summed E-state index contributed by atoms with van der Waals surface area (Å²) < 4.78 is 5.82. The van der Waals surface area contributed by atoms with Gasteiger partial charge in [-0.3, -0.25) is 0 Å². The number of hydrogen-bond donors (Lipinski definition) is 3. The Bertz CT molecular complexity index is 451. The van der Waals surface area contributed by atoms with E-state index in [0.717, 1.165) is 37.3 Å². The van der Waals surface area contributed by atoms with E-state index in [0.29, 0.717) is 18.5 Å². The second-order valence-electron chi connectivity index (χ2n) is 10.5. The van der Waals surface area contributed by atoms with Crippen LogP contribution < -0.4 is 16.4 Å². The summed E-state index contributed by atoms with van der Waals surface area (Å²) in [4.78, 5) is 0. The SMILES string of the molecule is C=CCN.C=CCNCCCCCCCCCC.C=CCNCCCCCC[N+](C)(C)C.ClCC1CO1. The van der Waals surface area contributed by atoms with Crippen LogP contribution in [-0.2, 0) is 4.74 Å². The van der Waals surface area contributed by atoms with Gasteiger partial charge in [0.25, 0.3) is 0 Å². The highest BCUT2D eigenvalue weighted by Gasteiger charge is 2.19. The van der Waals surface area contributed by atoms with Gasteiger partial charge in [-0.15, -0.1) is 31.3 Å². The molecule has 0 aromatic heterocycles. The molecule has 1 rings (SSSR count). The lowest BCUT2D eigenvalue weighted by atomic mass is 10.1. The van der Waals surface area contributed by atoms with Crippen molar-refractivity contribution < 1.29 is 9.22 Å². The van der Waals surface area contributed by atoms with Crippen LogP contribution in [0, 0.1) is 0 Å². The van der Waals surface area contributed by atoms with Crippen LogP contribution in [0.2, 0.25) is 0 Å². The number of ether oxygens (including phenoxy) is 1. The Morgan fingerprint density at radius 3 is 1.49 bits per heavy atom. The van der Waals surface area contributed by atoms with Crippen molar-refractivity contribution in [3.63, 3.8) is 0 Å². The van der Waals surface area contributed by atoms with Gasteiger partial charge in [-0.2, -0.15) is 0 Å². The summed E-state index contributed by atoms with van der Waals surface area (Å²) in [6.07, 6.45) is 22.5. The highest BCUT2D eigenvalue weighted by Crippen LogP contribution is 2.09. The topological polar surface area (TPSA) is 62.6 Å². The normalized spacial score (nSPS) is 13.6. The molecule has 0 aromatic carbocycles. The molecule has 1 unspecified atom stereocenters. The summed E-state index contributed by atoms with van der Waals surface area (Å²) in [7, 11) is 6.77. The second kappa shape index (κ2) is 35.3. The number of nitrogens with one attached hydrogen (secondary N) is 2. The van der Waals surface area contributed by atoms with E-state index in [-0.39, 0.29) is 0 Å². The van der Waals surface area contributed by atoms with E-state index in [1.165, 1.54) is 83.6 Å². The first-order valence-corrected chi connectivity index (χ1v) is 15.3. The molecule has 1 aliphatic rings. The van der Waals surface area contributed by atoms with Crippen molar-refractivity contribution in [2.75, 3.05) is 72.9 Å². The van der Waals surface area contributed by atoms with Gasteiger partial charge in [-0.1, -0.05) is 76.5 Å². The smallest absolute Gasteiger partial charge is 0.0944 e. The van der Waals surface area contributed by atoms with Crippen LogP contribution in [-0.4, -0.2) is 83.5 Å². The lowest BCUT2D eigenvalue weighted by Crippen LogP contribution is -2.35. The summed E-state index contributed by atoms with van der Waals surface area (Å²) in [5, 5.41) is 6.65. The van der Waals surface area contributed by atoms with Crippen molar-refractivity contribution in [1.29, 1.82) is 0 Å². The summed E-state index contributed by atoms with van der Waals surface area (Å²) in [5.74, 6) is 0.667.